The van der Waals surface area contributed by atoms with Gasteiger partial charge in [-0.3, -0.25) is 0 Å². The third kappa shape index (κ3) is 2.96. The second-order valence-electron chi connectivity index (χ2n) is 10.3. The van der Waals surface area contributed by atoms with Crippen molar-refractivity contribution < 1.29 is 0 Å². The van der Waals surface area contributed by atoms with E-state index in [1.54, 1.807) is 0 Å². The highest BCUT2D eigenvalue weighted by Gasteiger charge is 2.18. The van der Waals surface area contributed by atoms with E-state index in [1.807, 2.05) is 11.3 Å². The smallest absolute Gasteiger partial charge is 0.0559 e. The number of aromatic amines is 1. The first-order valence-electron chi connectivity index (χ1n) is 13.3. The lowest BCUT2D eigenvalue weighted by molar-refractivity contribution is 1.18. The largest absolute Gasteiger partial charge is 0.354 e. The summed E-state index contributed by atoms with van der Waals surface area (Å²) in [6.07, 6.45) is 0. The monoisotopic (exact) mass is 514 g/mol. The van der Waals surface area contributed by atoms with E-state index in [2.05, 4.69) is 137 Å². The van der Waals surface area contributed by atoms with Crippen LogP contribution in [0.4, 0.5) is 0 Å². The van der Waals surface area contributed by atoms with Gasteiger partial charge in [-0.05, 0) is 53.6 Å². The molecule has 2 nitrogen and oxygen atoms in total. The van der Waals surface area contributed by atoms with E-state index in [-0.39, 0.29) is 0 Å². The molecule has 1 N–H and O–H groups in total. The molecule has 3 heterocycles. The van der Waals surface area contributed by atoms with Crippen LogP contribution in [0.5, 0.6) is 0 Å². The SMILES string of the molecule is c1ccc(-c2cccc(-n3c4ccccc4c4cc5c(cc43)sc3ccc4c6ccccc6[nH]c4c35)c2)cc1. The molecule has 3 heteroatoms. The third-order valence-electron chi connectivity index (χ3n) is 8.12. The maximum Gasteiger partial charge on any atom is 0.0559 e. The van der Waals surface area contributed by atoms with Gasteiger partial charge in [0.1, 0.15) is 0 Å². The molecule has 9 aromatic rings. The molecule has 0 amide bonds. The molecular formula is C36H22N2S. The van der Waals surface area contributed by atoms with Crippen LogP contribution in [0.2, 0.25) is 0 Å². The maximum absolute atomic E-state index is 3.74. The number of para-hydroxylation sites is 2. The van der Waals surface area contributed by atoms with Crippen molar-refractivity contribution in [2.24, 2.45) is 0 Å². The second-order valence-corrected chi connectivity index (χ2v) is 11.4. The Balaban J connectivity index is 1.38. The van der Waals surface area contributed by atoms with Crippen LogP contribution in [0.15, 0.2) is 127 Å². The van der Waals surface area contributed by atoms with Gasteiger partial charge >= 0.3 is 0 Å². The van der Waals surface area contributed by atoms with Crippen LogP contribution in [0, 0.1) is 0 Å². The van der Waals surface area contributed by atoms with Crippen LogP contribution < -0.4 is 0 Å². The van der Waals surface area contributed by atoms with E-state index in [1.165, 1.54) is 80.6 Å². The average molecular weight is 515 g/mol. The molecule has 0 fully saturated rings. The normalized spacial score (nSPS) is 12.1. The fraction of sp³-hybridized carbons (Fsp3) is 0. The number of fused-ring (bicyclic) bond motifs is 10. The topological polar surface area (TPSA) is 20.7 Å². The van der Waals surface area contributed by atoms with Gasteiger partial charge in [-0.2, -0.15) is 0 Å². The number of hydrogen-bond acceptors (Lipinski definition) is 1. The van der Waals surface area contributed by atoms with E-state index in [9.17, 15) is 0 Å². The van der Waals surface area contributed by atoms with Crippen molar-refractivity contribution in [3.8, 4) is 16.8 Å². The predicted molar refractivity (Wildman–Crippen MR) is 168 cm³/mol. The number of thiophene rings is 1. The standard InChI is InChI=1S/C36H22N2S/c1-2-9-22(10-3-1)23-11-8-12-24(19-23)38-31-16-7-5-14-26(31)28-20-29-34(21-32(28)38)39-33-18-17-27-25-13-4-6-15-30(25)37-36(27)35(29)33/h1-21,37H. The van der Waals surface area contributed by atoms with Crippen LogP contribution in [0.25, 0.3) is 80.6 Å². The maximum atomic E-state index is 3.74. The highest BCUT2D eigenvalue weighted by molar-refractivity contribution is 7.26. The minimum atomic E-state index is 1.18. The molecule has 9 rings (SSSR count). The van der Waals surface area contributed by atoms with Crippen molar-refractivity contribution in [3.63, 3.8) is 0 Å². The van der Waals surface area contributed by atoms with Crippen molar-refractivity contribution in [1.82, 2.24) is 9.55 Å². The molecule has 0 bridgehead atoms. The molecule has 6 aromatic carbocycles. The highest BCUT2D eigenvalue weighted by Crippen LogP contribution is 2.44. The van der Waals surface area contributed by atoms with Crippen LogP contribution in [-0.4, -0.2) is 9.55 Å². The highest BCUT2D eigenvalue weighted by atomic mass is 32.1. The molecule has 0 atom stereocenters. The Labute approximate surface area is 228 Å². The molecule has 0 aliphatic carbocycles. The molecule has 3 aromatic heterocycles. The van der Waals surface area contributed by atoms with Crippen LogP contribution >= 0.6 is 11.3 Å². The van der Waals surface area contributed by atoms with Crippen molar-refractivity contribution in [3.05, 3.63) is 127 Å². The summed E-state index contributed by atoms with van der Waals surface area (Å²) >= 11 is 1.88. The molecule has 0 spiro atoms. The van der Waals surface area contributed by atoms with Gasteiger partial charge in [0.2, 0.25) is 0 Å². The summed E-state index contributed by atoms with van der Waals surface area (Å²) in [6, 6.07) is 46.3. The Kier molecular flexibility index (Phi) is 4.24. The van der Waals surface area contributed by atoms with Gasteiger partial charge in [0.15, 0.2) is 0 Å². The average Bonchev–Trinajstić information content (AvgIpc) is 3.65. The zero-order valence-electron chi connectivity index (χ0n) is 21.0. The van der Waals surface area contributed by atoms with Crippen LogP contribution in [-0.2, 0) is 0 Å². The van der Waals surface area contributed by atoms with Gasteiger partial charge in [0.25, 0.3) is 0 Å². The Morgan fingerprint density at radius 2 is 1.28 bits per heavy atom. The molecule has 0 unspecified atom stereocenters. The number of nitrogens with zero attached hydrogens (tertiary/aromatic N) is 1. The third-order valence-corrected chi connectivity index (χ3v) is 9.24. The molecule has 182 valence electrons. The zero-order chi connectivity index (χ0) is 25.5. The van der Waals surface area contributed by atoms with E-state index < -0.39 is 0 Å². The number of H-pyrrole nitrogens is 1. The lowest BCUT2D eigenvalue weighted by atomic mass is 10.0. The first-order chi connectivity index (χ1) is 19.3. The van der Waals surface area contributed by atoms with Crippen LogP contribution in [0.3, 0.4) is 0 Å². The lowest BCUT2D eigenvalue weighted by Gasteiger charge is -2.10. The number of hydrogen-bond donors (Lipinski definition) is 1. The Morgan fingerprint density at radius 3 is 2.21 bits per heavy atom. The quantitative estimate of drug-likeness (QED) is 0.237. The number of nitrogens with one attached hydrogen (secondary N) is 1. The minimum absolute atomic E-state index is 1.18. The Morgan fingerprint density at radius 1 is 0.487 bits per heavy atom. The van der Waals surface area contributed by atoms with E-state index in [4.69, 9.17) is 0 Å². The molecular weight excluding hydrogens is 492 g/mol. The first-order valence-corrected chi connectivity index (χ1v) is 14.1. The summed E-state index contributed by atoms with van der Waals surface area (Å²) in [5.41, 5.74) is 8.54. The van der Waals surface area contributed by atoms with Gasteiger partial charge in [-0.15, -0.1) is 11.3 Å². The number of benzene rings is 6. The fourth-order valence-electron chi connectivity index (χ4n) is 6.38. The summed E-state index contributed by atoms with van der Waals surface area (Å²) in [5.74, 6) is 0. The van der Waals surface area contributed by atoms with Gasteiger partial charge in [0, 0.05) is 52.9 Å². The van der Waals surface area contributed by atoms with Gasteiger partial charge in [0.05, 0.1) is 16.6 Å². The summed E-state index contributed by atoms with van der Waals surface area (Å²) in [7, 11) is 0. The molecule has 0 aliphatic heterocycles. The predicted octanol–water partition coefficient (Wildman–Crippen LogP) is 10.5. The molecule has 39 heavy (non-hydrogen) atoms. The summed E-state index contributed by atoms with van der Waals surface area (Å²) in [4.78, 5) is 3.74. The van der Waals surface area contributed by atoms with Gasteiger partial charge in [-0.25, -0.2) is 0 Å². The Hall–Kier alpha value is -4.86. The first kappa shape index (κ1) is 21.1. The second kappa shape index (κ2) is 7.83. The Bertz CT molecular complexity index is 2390. The molecule has 0 saturated carbocycles. The van der Waals surface area contributed by atoms with E-state index in [0.29, 0.717) is 0 Å². The number of rotatable bonds is 2. The van der Waals surface area contributed by atoms with Crippen LogP contribution in [0.1, 0.15) is 0 Å². The van der Waals surface area contributed by atoms with Crippen molar-refractivity contribution in [2.75, 3.05) is 0 Å². The number of aromatic nitrogens is 2. The van der Waals surface area contributed by atoms with Gasteiger partial charge in [-0.1, -0.05) is 84.9 Å². The van der Waals surface area contributed by atoms with Crippen molar-refractivity contribution in [1.29, 1.82) is 0 Å². The van der Waals surface area contributed by atoms with E-state index >= 15 is 0 Å². The van der Waals surface area contributed by atoms with Crippen molar-refractivity contribution >= 4 is 75.1 Å². The molecule has 0 radical (unpaired) electrons. The molecule has 0 aliphatic rings. The summed E-state index contributed by atoms with van der Waals surface area (Å²) in [6.45, 7) is 0. The lowest BCUT2D eigenvalue weighted by Crippen LogP contribution is -1.94. The van der Waals surface area contributed by atoms with Crippen molar-refractivity contribution in [2.45, 2.75) is 0 Å². The zero-order valence-corrected chi connectivity index (χ0v) is 21.8. The van der Waals surface area contributed by atoms with E-state index in [0.717, 1.165) is 0 Å². The van der Waals surface area contributed by atoms with Gasteiger partial charge < -0.3 is 9.55 Å². The fourth-order valence-corrected chi connectivity index (χ4v) is 7.51. The summed E-state index contributed by atoms with van der Waals surface area (Å²) in [5, 5.41) is 7.79. The molecule has 0 saturated heterocycles. The summed E-state index contributed by atoms with van der Waals surface area (Å²) < 4.78 is 5.06. The minimum Gasteiger partial charge on any atom is -0.354 e.